The maximum Gasteiger partial charge on any atom is 0.413 e. The van der Waals surface area contributed by atoms with E-state index in [1.54, 1.807) is 38.3 Å². The monoisotopic (exact) mass is 307 g/mol. The number of ether oxygens (including phenoxy) is 3. The first-order valence-corrected chi connectivity index (χ1v) is 6.50. The van der Waals surface area contributed by atoms with Crippen LogP contribution in [0.3, 0.4) is 0 Å². The number of alkyl carbamates (subject to hydrolysis) is 1. The molecule has 1 rings (SSSR count). The second-order valence-corrected chi connectivity index (χ2v) is 3.99. The molecule has 7 nitrogen and oxygen atoms in total. The van der Waals surface area contributed by atoms with Crippen molar-refractivity contribution in [3.63, 3.8) is 0 Å². The van der Waals surface area contributed by atoms with Gasteiger partial charge in [-0.3, -0.25) is 10.1 Å². The Bertz CT molecular complexity index is 567. The standard InChI is InChI=1S/C15H17NO6/c1-3-21-15(19)16-13(17)10-22-14(18)8-7-11-5-4-6-12(9-11)20-2/h4-9H,3,10H2,1-2H3,(H,16,17,19)/b8-7+. The van der Waals surface area contributed by atoms with E-state index in [4.69, 9.17) is 4.74 Å². The molecular formula is C15H17NO6. The molecule has 0 radical (unpaired) electrons. The van der Waals surface area contributed by atoms with E-state index in [1.807, 2.05) is 5.32 Å². The lowest BCUT2D eigenvalue weighted by atomic mass is 10.2. The fourth-order valence-electron chi connectivity index (χ4n) is 1.41. The van der Waals surface area contributed by atoms with Gasteiger partial charge in [-0.15, -0.1) is 0 Å². The molecule has 0 saturated heterocycles. The Morgan fingerprint density at radius 1 is 1.23 bits per heavy atom. The summed E-state index contributed by atoms with van der Waals surface area (Å²) in [4.78, 5) is 33.7. The molecule has 0 aromatic heterocycles. The number of esters is 1. The van der Waals surface area contributed by atoms with Gasteiger partial charge in [0.1, 0.15) is 5.75 Å². The van der Waals surface area contributed by atoms with E-state index in [9.17, 15) is 14.4 Å². The average molecular weight is 307 g/mol. The highest BCUT2D eigenvalue weighted by atomic mass is 16.6. The van der Waals surface area contributed by atoms with Crippen molar-refractivity contribution in [2.45, 2.75) is 6.92 Å². The summed E-state index contributed by atoms with van der Waals surface area (Å²) in [5, 5.41) is 1.91. The van der Waals surface area contributed by atoms with Crippen molar-refractivity contribution in [1.29, 1.82) is 0 Å². The van der Waals surface area contributed by atoms with Gasteiger partial charge >= 0.3 is 12.1 Å². The van der Waals surface area contributed by atoms with E-state index < -0.39 is 24.6 Å². The highest BCUT2D eigenvalue weighted by molar-refractivity contribution is 5.94. The molecule has 0 atom stereocenters. The third-order valence-corrected chi connectivity index (χ3v) is 2.37. The van der Waals surface area contributed by atoms with Crippen molar-refractivity contribution in [3.8, 4) is 5.75 Å². The van der Waals surface area contributed by atoms with Crippen molar-refractivity contribution in [2.24, 2.45) is 0 Å². The number of nitrogens with one attached hydrogen (secondary N) is 1. The zero-order valence-electron chi connectivity index (χ0n) is 12.3. The van der Waals surface area contributed by atoms with Crippen LogP contribution >= 0.6 is 0 Å². The smallest absolute Gasteiger partial charge is 0.413 e. The normalized spacial score (nSPS) is 10.1. The van der Waals surface area contributed by atoms with Gasteiger partial charge in [0.15, 0.2) is 6.61 Å². The van der Waals surface area contributed by atoms with E-state index >= 15 is 0 Å². The number of methoxy groups -OCH3 is 1. The van der Waals surface area contributed by atoms with Gasteiger partial charge in [0, 0.05) is 6.08 Å². The number of amides is 2. The fraction of sp³-hybridized carbons (Fsp3) is 0.267. The number of carbonyl (C=O) groups is 3. The number of hydrogen-bond acceptors (Lipinski definition) is 6. The van der Waals surface area contributed by atoms with Gasteiger partial charge in [-0.25, -0.2) is 9.59 Å². The quantitative estimate of drug-likeness (QED) is 0.633. The van der Waals surface area contributed by atoms with Crippen LogP contribution in [0.1, 0.15) is 12.5 Å². The largest absolute Gasteiger partial charge is 0.497 e. The first kappa shape index (κ1) is 17.2. The minimum atomic E-state index is -0.879. The van der Waals surface area contributed by atoms with Crippen LogP contribution in [0.5, 0.6) is 5.75 Å². The van der Waals surface area contributed by atoms with Crippen molar-refractivity contribution in [1.82, 2.24) is 5.32 Å². The molecular weight excluding hydrogens is 290 g/mol. The summed E-state index contributed by atoms with van der Waals surface area (Å²) in [5.41, 5.74) is 0.743. The predicted octanol–water partition coefficient (Wildman–Crippen LogP) is 1.52. The van der Waals surface area contributed by atoms with Crippen molar-refractivity contribution in [3.05, 3.63) is 35.9 Å². The summed E-state index contributed by atoms with van der Waals surface area (Å²) in [5.74, 6) is -0.812. The van der Waals surface area contributed by atoms with Crippen LogP contribution in [-0.4, -0.2) is 38.3 Å². The minimum Gasteiger partial charge on any atom is -0.497 e. The Morgan fingerprint density at radius 2 is 2.00 bits per heavy atom. The third-order valence-electron chi connectivity index (χ3n) is 2.37. The van der Waals surface area contributed by atoms with Gasteiger partial charge in [0.05, 0.1) is 13.7 Å². The summed E-state index contributed by atoms with van der Waals surface area (Å²) >= 11 is 0. The van der Waals surface area contributed by atoms with E-state index in [-0.39, 0.29) is 6.61 Å². The second kappa shape index (κ2) is 9.17. The summed E-state index contributed by atoms with van der Waals surface area (Å²) in [6.07, 6.45) is 1.82. The maximum absolute atomic E-state index is 11.5. The molecule has 7 heteroatoms. The molecule has 0 heterocycles. The molecule has 0 fully saturated rings. The van der Waals surface area contributed by atoms with E-state index in [2.05, 4.69) is 9.47 Å². The first-order valence-electron chi connectivity index (χ1n) is 6.50. The van der Waals surface area contributed by atoms with Crippen LogP contribution in [0.25, 0.3) is 6.08 Å². The van der Waals surface area contributed by atoms with Gasteiger partial charge in [0.2, 0.25) is 0 Å². The highest BCUT2D eigenvalue weighted by Crippen LogP contribution is 2.13. The van der Waals surface area contributed by atoms with Gasteiger partial charge < -0.3 is 14.2 Å². The molecule has 0 aliphatic rings. The Balaban J connectivity index is 2.40. The van der Waals surface area contributed by atoms with Gasteiger partial charge in [-0.1, -0.05) is 12.1 Å². The zero-order valence-corrected chi connectivity index (χ0v) is 12.3. The number of benzene rings is 1. The van der Waals surface area contributed by atoms with Crippen molar-refractivity contribution in [2.75, 3.05) is 20.3 Å². The Morgan fingerprint density at radius 3 is 2.68 bits per heavy atom. The van der Waals surface area contributed by atoms with Crippen LogP contribution in [0.15, 0.2) is 30.3 Å². The molecule has 0 aliphatic carbocycles. The molecule has 0 aliphatic heterocycles. The lowest BCUT2D eigenvalue weighted by Gasteiger charge is -2.04. The molecule has 1 aromatic carbocycles. The average Bonchev–Trinajstić information content (AvgIpc) is 2.51. The molecule has 1 N–H and O–H groups in total. The molecule has 118 valence electrons. The number of hydrogen-bond donors (Lipinski definition) is 1. The number of rotatable bonds is 6. The molecule has 0 saturated carbocycles. The van der Waals surface area contributed by atoms with Gasteiger partial charge in [-0.2, -0.15) is 0 Å². The number of carbonyl (C=O) groups excluding carboxylic acids is 3. The van der Waals surface area contributed by atoms with Crippen molar-refractivity contribution >= 4 is 24.0 Å². The van der Waals surface area contributed by atoms with Crippen LogP contribution in [0.4, 0.5) is 4.79 Å². The molecule has 1 aromatic rings. The van der Waals surface area contributed by atoms with E-state index in [0.29, 0.717) is 5.75 Å². The Labute approximate surface area is 127 Å². The van der Waals surface area contributed by atoms with Crippen LogP contribution in [0, 0.1) is 0 Å². The number of imide groups is 1. The van der Waals surface area contributed by atoms with Crippen LogP contribution < -0.4 is 10.1 Å². The predicted molar refractivity (Wildman–Crippen MR) is 78.2 cm³/mol. The molecule has 0 spiro atoms. The summed E-state index contributed by atoms with van der Waals surface area (Å²) in [6.45, 7) is 1.18. The van der Waals surface area contributed by atoms with E-state index in [1.165, 1.54) is 12.2 Å². The molecule has 2 amide bonds. The molecule has 22 heavy (non-hydrogen) atoms. The van der Waals surface area contributed by atoms with Gasteiger partial charge in [0.25, 0.3) is 5.91 Å². The van der Waals surface area contributed by atoms with Crippen LogP contribution in [-0.2, 0) is 19.1 Å². The summed E-state index contributed by atoms with van der Waals surface area (Å²) in [6, 6.07) is 7.06. The lowest BCUT2D eigenvalue weighted by Crippen LogP contribution is -2.34. The fourth-order valence-corrected chi connectivity index (χ4v) is 1.41. The SMILES string of the molecule is CCOC(=O)NC(=O)COC(=O)/C=C/c1cccc(OC)c1. The van der Waals surface area contributed by atoms with Gasteiger partial charge in [-0.05, 0) is 30.7 Å². The Hall–Kier alpha value is -2.83. The highest BCUT2D eigenvalue weighted by Gasteiger charge is 2.09. The second-order valence-electron chi connectivity index (χ2n) is 3.99. The first-order chi connectivity index (χ1) is 10.5. The summed E-state index contributed by atoms with van der Waals surface area (Å²) in [7, 11) is 1.54. The third kappa shape index (κ3) is 6.56. The van der Waals surface area contributed by atoms with E-state index in [0.717, 1.165) is 5.56 Å². The van der Waals surface area contributed by atoms with Crippen LogP contribution in [0.2, 0.25) is 0 Å². The zero-order chi connectivity index (χ0) is 16.4. The molecule has 0 unspecified atom stereocenters. The Kier molecular flexibility index (Phi) is 7.18. The molecule has 0 bridgehead atoms. The lowest BCUT2D eigenvalue weighted by molar-refractivity contribution is -0.143. The summed E-state index contributed by atoms with van der Waals surface area (Å²) < 4.78 is 14.2. The maximum atomic E-state index is 11.5. The topological polar surface area (TPSA) is 90.9 Å². The minimum absolute atomic E-state index is 0.141. The van der Waals surface area contributed by atoms with Crippen molar-refractivity contribution < 1.29 is 28.6 Å².